The number of aliphatic hydroxyl groups is 1. The normalized spacial score (nSPS) is 31.9. The molecule has 3 atom stereocenters. The van der Waals surface area contributed by atoms with Crippen molar-refractivity contribution >= 4 is 0 Å². The molecular weight excluding hydrogens is 236 g/mol. The summed E-state index contributed by atoms with van der Waals surface area (Å²) in [5.74, 6) is 0.671. The maximum atomic E-state index is 10.1. The number of likely N-dealkylation sites (tertiary alicyclic amines) is 1. The van der Waals surface area contributed by atoms with Gasteiger partial charge in [0.05, 0.1) is 12.1 Å². The number of rotatable bonds is 7. The number of aliphatic hydroxyl groups excluding tert-OH is 1. The third-order valence-corrected chi connectivity index (χ3v) is 5.11. The number of nitrogens with zero attached hydrogens (tertiary/aromatic N) is 1. The van der Waals surface area contributed by atoms with Gasteiger partial charge in [0.1, 0.15) is 0 Å². The van der Waals surface area contributed by atoms with Crippen LogP contribution in [0.5, 0.6) is 0 Å². The third-order valence-electron chi connectivity index (χ3n) is 5.11. The Labute approximate surface area is 118 Å². The average Bonchev–Trinajstić information content (AvgIpc) is 3.16. The molecule has 3 heteroatoms. The first kappa shape index (κ1) is 15.3. The first-order valence-electron chi connectivity index (χ1n) is 8.16. The molecule has 0 bridgehead atoms. The molecule has 2 aliphatic rings. The predicted molar refractivity (Wildman–Crippen MR) is 80.3 cm³/mol. The molecule has 2 N–H and O–H groups in total. The lowest BCUT2D eigenvalue weighted by molar-refractivity contribution is 0.0632. The topological polar surface area (TPSA) is 35.5 Å². The molecule has 0 aromatic carbocycles. The minimum atomic E-state index is -0.0693. The van der Waals surface area contributed by atoms with E-state index in [9.17, 15) is 5.11 Å². The van der Waals surface area contributed by atoms with Crippen molar-refractivity contribution in [2.45, 2.75) is 83.5 Å². The molecule has 0 spiro atoms. The van der Waals surface area contributed by atoms with E-state index in [1.807, 2.05) is 0 Å². The molecule has 0 radical (unpaired) electrons. The summed E-state index contributed by atoms with van der Waals surface area (Å²) < 4.78 is 0. The molecule has 2 rings (SSSR count). The van der Waals surface area contributed by atoms with Gasteiger partial charge in [-0.15, -0.1) is 0 Å². The summed E-state index contributed by atoms with van der Waals surface area (Å²) in [4.78, 5) is 2.66. The molecule has 0 amide bonds. The van der Waals surface area contributed by atoms with Crippen LogP contribution in [0.2, 0.25) is 0 Å². The van der Waals surface area contributed by atoms with Gasteiger partial charge < -0.3 is 10.4 Å². The van der Waals surface area contributed by atoms with Crippen molar-refractivity contribution in [3.63, 3.8) is 0 Å². The van der Waals surface area contributed by atoms with Crippen molar-refractivity contribution in [1.82, 2.24) is 10.2 Å². The van der Waals surface area contributed by atoms with E-state index in [2.05, 4.69) is 37.9 Å². The van der Waals surface area contributed by atoms with Crippen LogP contribution in [0.15, 0.2) is 0 Å². The van der Waals surface area contributed by atoms with Gasteiger partial charge in [0.25, 0.3) is 0 Å². The van der Waals surface area contributed by atoms with Crippen molar-refractivity contribution in [3.8, 4) is 0 Å². The Hall–Kier alpha value is -0.120. The highest BCUT2D eigenvalue weighted by molar-refractivity contribution is 5.05. The molecular formula is C16H32N2O. The second-order valence-electron chi connectivity index (χ2n) is 7.05. The van der Waals surface area contributed by atoms with E-state index in [0.29, 0.717) is 24.0 Å². The molecule has 3 unspecified atom stereocenters. The van der Waals surface area contributed by atoms with Crippen LogP contribution >= 0.6 is 0 Å². The van der Waals surface area contributed by atoms with Crippen molar-refractivity contribution < 1.29 is 5.11 Å². The molecule has 1 saturated heterocycles. The number of hydrogen-bond donors (Lipinski definition) is 2. The summed E-state index contributed by atoms with van der Waals surface area (Å²) in [7, 11) is 0. The fourth-order valence-corrected chi connectivity index (χ4v) is 3.90. The highest BCUT2D eigenvalue weighted by Crippen LogP contribution is 2.42. The zero-order valence-electron chi connectivity index (χ0n) is 13.2. The van der Waals surface area contributed by atoms with E-state index in [1.165, 1.54) is 32.1 Å². The zero-order valence-corrected chi connectivity index (χ0v) is 13.2. The van der Waals surface area contributed by atoms with Gasteiger partial charge in [0.2, 0.25) is 0 Å². The summed E-state index contributed by atoms with van der Waals surface area (Å²) in [6, 6.07) is 1.82. The Morgan fingerprint density at radius 1 is 1.26 bits per heavy atom. The lowest BCUT2D eigenvalue weighted by atomic mass is 9.91. The summed E-state index contributed by atoms with van der Waals surface area (Å²) in [5.41, 5.74) is -0.0693. The van der Waals surface area contributed by atoms with E-state index in [1.54, 1.807) is 0 Å². The van der Waals surface area contributed by atoms with Crippen LogP contribution in [0.4, 0.5) is 0 Å². The van der Waals surface area contributed by atoms with Crippen molar-refractivity contribution in [2.75, 3.05) is 13.2 Å². The van der Waals surface area contributed by atoms with Crippen LogP contribution in [-0.2, 0) is 0 Å². The lowest BCUT2D eigenvalue weighted by Crippen LogP contribution is -2.61. The van der Waals surface area contributed by atoms with Gasteiger partial charge in [0.15, 0.2) is 0 Å². The second-order valence-corrected chi connectivity index (χ2v) is 7.05. The zero-order chi connectivity index (χ0) is 14.0. The Kier molecular flexibility index (Phi) is 4.91. The maximum Gasteiger partial charge on any atom is 0.0628 e. The van der Waals surface area contributed by atoms with E-state index in [0.717, 1.165) is 6.54 Å². The molecule has 1 aliphatic heterocycles. The van der Waals surface area contributed by atoms with E-state index in [-0.39, 0.29) is 12.1 Å². The van der Waals surface area contributed by atoms with Crippen molar-refractivity contribution in [1.29, 1.82) is 0 Å². The molecule has 19 heavy (non-hydrogen) atoms. The van der Waals surface area contributed by atoms with Gasteiger partial charge in [-0.1, -0.05) is 20.8 Å². The van der Waals surface area contributed by atoms with Crippen LogP contribution < -0.4 is 5.32 Å². The van der Waals surface area contributed by atoms with Crippen LogP contribution in [0.3, 0.4) is 0 Å². The Bertz CT molecular complexity index is 290. The van der Waals surface area contributed by atoms with E-state index in [4.69, 9.17) is 0 Å². The quantitative estimate of drug-likeness (QED) is 0.744. The third kappa shape index (κ3) is 3.32. The molecule has 1 saturated carbocycles. The smallest absolute Gasteiger partial charge is 0.0628 e. The van der Waals surface area contributed by atoms with Crippen molar-refractivity contribution in [2.24, 2.45) is 5.92 Å². The molecule has 1 aliphatic carbocycles. The largest absolute Gasteiger partial charge is 0.394 e. The second kappa shape index (κ2) is 6.11. The Morgan fingerprint density at radius 3 is 2.42 bits per heavy atom. The van der Waals surface area contributed by atoms with Gasteiger partial charge in [0, 0.05) is 24.7 Å². The summed E-state index contributed by atoms with van der Waals surface area (Å²) in [6.45, 7) is 10.3. The highest BCUT2D eigenvalue weighted by atomic mass is 16.3. The number of nitrogens with one attached hydrogen (secondary N) is 1. The monoisotopic (exact) mass is 268 g/mol. The molecule has 1 heterocycles. The fourth-order valence-electron chi connectivity index (χ4n) is 3.90. The highest BCUT2D eigenvalue weighted by Gasteiger charge is 2.47. The predicted octanol–water partition coefficient (Wildman–Crippen LogP) is 2.39. The molecule has 112 valence electrons. The maximum absolute atomic E-state index is 10.1. The van der Waals surface area contributed by atoms with Crippen LogP contribution in [0, 0.1) is 5.92 Å². The molecule has 0 aromatic heterocycles. The Balaban J connectivity index is 2.10. The minimum absolute atomic E-state index is 0.0693. The van der Waals surface area contributed by atoms with Crippen LogP contribution in [0.25, 0.3) is 0 Å². The van der Waals surface area contributed by atoms with Crippen LogP contribution in [-0.4, -0.2) is 46.8 Å². The molecule has 2 fully saturated rings. The minimum Gasteiger partial charge on any atom is -0.394 e. The van der Waals surface area contributed by atoms with Gasteiger partial charge in [-0.2, -0.15) is 0 Å². The van der Waals surface area contributed by atoms with Gasteiger partial charge in [-0.05, 0) is 44.9 Å². The fraction of sp³-hybridized carbons (Fsp3) is 1.00. The average molecular weight is 268 g/mol. The van der Waals surface area contributed by atoms with E-state index >= 15 is 0 Å². The molecule has 0 aromatic rings. The standard InChI is InChI=1S/C16H32N2O/c1-5-15-9-6-13(4)18(15)10-16(11-19,14-7-8-14)17-12(2)3/h12-15,17,19H,5-11H2,1-4H3. The summed E-state index contributed by atoms with van der Waals surface area (Å²) in [5, 5.41) is 13.8. The lowest BCUT2D eigenvalue weighted by Gasteiger charge is -2.42. The summed E-state index contributed by atoms with van der Waals surface area (Å²) >= 11 is 0. The van der Waals surface area contributed by atoms with Crippen LogP contribution in [0.1, 0.15) is 59.8 Å². The molecule has 3 nitrogen and oxygen atoms in total. The van der Waals surface area contributed by atoms with Gasteiger partial charge in [-0.3, -0.25) is 4.90 Å². The van der Waals surface area contributed by atoms with Gasteiger partial charge in [-0.25, -0.2) is 0 Å². The first-order chi connectivity index (χ1) is 9.02. The van der Waals surface area contributed by atoms with E-state index < -0.39 is 0 Å². The first-order valence-corrected chi connectivity index (χ1v) is 8.16. The van der Waals surface area contributed by atoms with Crippen molar-refractivity contribution in [3.05, 3.63) is 0 Å². The summed E-state index contributed by atoms with van der Waals surface area (Å²) in [6.07, 6.45) is 6.43. The SMILES string of the molecule is CCC1CCC(C)N1CC(CO)(NC(C)C)C1CC1. The van der Waals surface area contributed by atoms with Gasteiger partial charge >= 0.3 is 0 Å². The number of hydrogen-bond acceptors (Lipinski definition) is 3. The Morgan fingerprint density at radius 2 is 1.95 bits per heavy atom.